The van der Waals surface area contributed by atoms with E-state index in [1.54, 1.807) is 7.11 Å². The molecule has 116 valence electrons. The molecule has 1 aliphatic rings. The molecule has 2 aromatic rings. The van der Waals surface area contributed by atoms with Gasteiger partial charge in [-0.2, -0.15) is 0 Å². The van der Waals surface area contributed by atoms with Crippen LogP contribution in [0.2, 0.25) is 0 Å². The molecule has 0 saturated heterocycles. The van der Waals surface area contributed by atoms with Crippen LogP contribution >= 0.6 is 0 Å². The van der Waals surface area contributed by atoms with Gasteiger partial charge in [0.15, 0.2) is 11.3 Å². The molecule has 0 radical (unpaired) electrons. The molecular formula is C18H21NO3. The topological polar surface area (TPSA) is 51.5 Å². The van der Waals surface area contributed by atoms with Crippen molar-refractivity contribution in [2.24, 2.45) is 5.92 Å². The van der Waals surface area contributed by atoms with Crippen LogP contribution in [0.1, 0.15) is 38.0 Å². The summed E-state index contributed by atoms with van der Waals surface area (Å²) in [6.45, 7) is 1.94. The van der Waals surface area contributed by atoms with Crippen molar-refractivity contribution >= 4 is 16.9 Å². The average molecular weight is 299 g/mol. The van der Waals surface area contributed by atoms with E-state index < -0.39 is 0 Å². The van der Waals surface area contributed by atoms with Crippen LogP contribution in [0.15, 0.2) is 40.8 Å². The number of hydrogen-bond acceptors (Lipinski definition) is 3. The van der Waals surface area contributed by atoms with Gasteiger partial charge < -0.3 is 14.5 Å². The lowest BCUT2D eigenvalue weighted by Crippen LogP contribution is -2.27. The lowest BCUT2D eigenvalue weighted by atomic mass is 10.0. The van der Waals surface area contributed by atoms with E-state index in [0.29, 0.717) is 18.1 Å². The maximum absolute atomic E-state index is 12.1. The Morgan fingerprint density at radius 2 is 2.36 bits per heavy atom. The zero-order valence-corrected chi connectivity index (χ0v) is 13.0. The van der Waals surface area contributed by atoms with Gasteiger partial charge in [-0.1, -0.05) is 24.3 Å². The van der Waals surface area contributed by atoms with Gasteiger partial charge >= 0.3 is 0 Å². The molecule has 0 aliphatic heterocycles. The number of nitrogens with one attached hydrogen (secondary N) is 1. The smallest absolute Gasteiger partial charge is 0.221 e. The largest absolute Gasteiger partial charge is 0.493 e. The second-order valence-corrected chi connectivity index (χ2v) is 5.79. The van der Waals surface area contributed by atoms with Gasteiger partial charge in [0.05, 0.1) is 13.2 Å². The van der Waals surface area contributed by atoms with Crippen LogP contribution in [0.5, 0.6) is 5.75 Å². The molecule has 1 heterocycles. The minimum Gasteiger partial charge on any atom is -0.493 e. The molecule has 4 nitrogen and oxygen atoms in total. The highest BCUT2D eigenvalue weighted by atomic mass is 16.5. The zero-order valence-electron chi connectivity index (χ0n) is 13.0. The van der Waals surface area contributed by atoms with Crippen LogP contribution in [0.4, 0.5) is 0 Å². The van der Waals surface area contributed by atoms with Crippen molar-refractivity contribution < 1.29 is 13.9 Å². The Hall–Kier alpha value is -2.23. The first-order chi connectivity index (χ1) is 10.7. The number of hydrogen-bond donors (Lipinski definition) is 1. The first-order valence-corrected chi connectivity index (χ1v) is 7.70. The third-order valence-corrected chi connectivity index (χ3v) is 4.11. The molecule has 4 heteroatoms. The number of methoxy groups -OCH3 is 1. The predicted molar refractivity (Wildman–Crippen MR) is 85.8 cm³/mol. The fourth-order valence-electron chi connectivity index (χ4n) is 2.91. The monoisotopic (exact) mass is 299 g/mol. The summed E-state index contributed by atoms with van der Waals surface area (Å²) in [5, 5.41) is 3.99. The molecule has 1 aromatic carbocycles. The molecular weight excluding hydrogens is 278 g/mol. The Morgan fingerprint density at radius 1 is 1.50 bits per heavy atom. The quantitative estimate of drug-likeness (QED) is 0.850. The average Bonchev–Trinajstić information content (AvgIpc) is 3.15. The lowest BCUT2D eigenvalue weighted by molar-refractivity contribution is -0.122. The number of carbonyl (C=O) groups is 1. The first kappa shape index (κ1) is 14.7. The highest BCUT2D eigenvalue weighted by molar-refractivity contribution is 5.84. The van der Waals surface area contributed by atoms with E-state index in [1.807, 2.05) is 31.2 Å². The third-order valence-electron chi connectivity index (χ3n) is 4.11. The Balaban J connectivity index is 1.70. The number of ether oxygens (including phenoxy) is 1. The number of allylic oxidation sites excluding steroid dienone is 2. The molecule has 0 fully saturated rings. The molecule has 1 aliphatic carbocycles. The fourth-order valence-corrected chi connectivity index (χ4v) is 2.91. The van der Waals surface area contributed by atoms with Gasteiger partial charge in [0.25, 0.3) is 0 Å². The number of carbonyl (C=O) groups excluding carboxylic acids is 1. The molecule has 0 saturated carbocycles. The van der Waals surface area contributed by atoms with Gasteiger partial charge in [0, 0.05) is 11.8 Å². The van der Waals surface area contributed by atoms with Crippen molar-refractivity contribution in [3.8, 4) is 5.75 Å². The highest BCUT2D eigenvalue weighted by Gasteiger charge is 2.18. The fraction of sp³-hybridized carbons (Fsp3) is 0.389. The Bertz CT molecular complexity index is 701. The molecule has 1 amide bonds. The molecule has 22 heavy (non-hydrogen) atoms. The summed E-state index contributed by atoms with van der Waals surface area (Å²) in [6, 6.07) is 7.57. The number of rotatable bonds is 5. The first-order valence-electron chi connectivity index (χ1n) is 7.70. The number of para-hydroxylation sites is 1. The molecule has 2 atom stereocenters. The van der Waals surface area contributed by atoms with E-state index in [0.717, 1.165) is 29.6 Å². The van der Waals surface area contributed by atoms with Crippen molar-refractivity contribution in [2.75, 3.05) is 7.11 Å². The van der Waals surface area contributed by atoms with Crippen molar-refractivity contribution in [1.82, 2.24) is 5.32 Å². The summed E-state index contributed by atoms with van der Waals surface area (Å²) < 4.78 is 11.2. The van der Waals surface area contributed by atoms with E-state index >= 15 is 0 Å². The summed E-state index contributed by atoms with van der Waals surface area (Å²) in [5.41, 5.74) is 0.722. The molecule has 0 bridgehead atoms. The van der Waals surface area contributed by atoms with Gasteiger partial charge in [-0.05, 0) is 37.8 Å². The summed E-state index contributed by atoms with van der Waals surface area (Å²) >= 11 is 0. The molecule has 0 unspecified atom stereocenters. The Kier molecular flexibility index (Phi) is 4.18. The lowest BCUT2D eigenvalue weighted by Gasteiger charge is -2.13. The van der Waals surface area contributed by atoms with E-state index in [2.05, 4.69) is 17.5 Å². The van der Waals surface area contributed by atoms with Crippen molar-refractivity contribution in [2.45, 2.75) is 32.2 Å². The Morgan fingerprint density at radius 3 is 3.09 bits per heavy atom. The number of furan rings is 1. The summed E-state index contributed by atoms with van der Waals surface area (Å²) in [6.07, 6.45) is 6.98. The predicted octanol–water partition coefficient (Wildman–Crippen LogP) is 3.97. The van der Waals surface area contributed by atoms with Crippen LogP contribution in [0.3, 0.4) is 0 Å². The van der Waals surface area contributed by atoms with Crippen LogP contribution < -0.4 is 10.1 Å². The van der Waals surface area contributed by atoms with Crippen molar-refractivity contribution in [3.05, 3.63) is 42.2 Å². The SMILES string of the molecule is COc1cccc2cc([C@@H](C)NC(=O)C[C@@H]3C=CCC3)oc12. The van der Waals surface area contributed by atoms with Gasteiger partial charge in [-0.25, -0.2) is 0 Å². The van der Waals surface area contributed by atoms with E-state index in [4.69, 9.17) is 9.15 Å². The highest BCUT2D eigenvalue weighted by Crippen LogP contribution is 2.31. The minimum absolute atomic E-state index is 0.0662. The number of benzene rings is 1. The van der Waals surface area contributed by atoms with E-state index in [-0.39, 0.29) is 11.9 Å². The normalized spacial score (nSPS) is 18.5. The van der Waals surface area contributed by atoms with Crippen LogP contribution in [-0.2, 0) is 4.79 Å². The van der Waals surface area contributed by atoms with Crippen LogP contribution in [0, 0.1) is 5.92 Å². The van der Waals surface area contributed by atoms with Crippen molar-refractivity contribution in [3.63, 3.8) is 0 Å². The summed E-state index contributed by atoms with van der Waals surface area (Å²) in [4.78, 5) is 12.1. The van der Waals surface area contributed by atoms with Crippen LogP contribution in [-0.4, -0.2) is 13.0 Å². The Labute approximate surface area is 130 Å². The standard InChI is InChI=1S/C18H21NO3/c1-12(19-17(20)10-13-6-3-4-7-13)16-11-14-8-5-9-15(21-2)18(14)22-16/h3,5-6,8-9,11-13H,4,7,10H2,1-2H3,(H,19,20)/t12-,13-/m1/s1. The molecule has 1 aromatic heterocycles. The maximum Gasteiger partial charge on any atom is 0.221 e. The second kappa shape index (κ2) is 6.26. The van der Waals surface area contributed by atoms with Crippen molar-refractivity contribution in [1.29, 1.82) is 0 Å². The van der Waals surface area contributed by atoms with Gasteiger partial charge in [-0.3, -0.25) is 4.79 Å². The minimum atomic E-state index is -0.157. The zero-order chi connectivity index (χ0) is 15.5. The molecule has 1 N–H and O–H groups in total. The van der Waals surface area contributed by atoms with E-state index in [9.17, 15) is 4.79 Å². The number of amides is 1. The van der Waals surface area contributed by atoms with Gasteiger partial charge in [0.2, 0.25) is 5.91 Å². The van der Waals surface area contributed by atoms with Gasteiger partial charge in [-0.15, -0.1) is 0 Å². The molecule has 0 spiro atoms. The van der Waals surface area contributed by atoms with Crippen LogP contribution in [0.25, 0.3) is 11.0 Å². The summed E-state index contributed by atoms with van der Waals surface area (Å²) in [5.74, 6) is 1.90. The second-order valence-electron chi connectivity index (χ2n) is 5.79. The van der Waals surface area contributed by atoms with E-state index in [1.165, 1.54) is 0 Å². The third kappa shape index (κ3) is 3.01. The summed E-state index contributed by atoms with van der Waals surface area (Å²) in [7, 11) is 1.62. The molecule has 3 rings (SSSR count). The number of fused-ring (bicyclic) bond motifs is 1. The maximum atomic E-state index is 12.1. The van der Waals surface area contributed by atoms with Gasteiger partial charge in [0.1, 0.15) is 5.76 Å².